The smallest absolute Gasteiger partial charge is 0.243 e. The number of rotatable bonds is 7. The van der Waals surface area contributed by atoms with Crippen LogP contribution in [0.4, 0.5) is 10.1 Å². The van der Waals surface area contributed by atoms with E-state index in [0.717, 1.165) is 17.5 Å². The highest BCUT2D eigenvalue weighted by Crippen LogP contribution is 2.35. The Balaban J connectivity index is 1.34. The monoisotopic (exact) mass is 565 g/mol. The first-order chi connectivity index (χ1) is 19.1. The first-order valence-corrected chi connectivity index (χ1v) is 15.1. The number of morpholine rings is 1. The number of ether oxygens (including phenoxy) is 1. The molecular weight excluding hydrogens is 529 g/mol. The number of piperidine rings is 1. The van der Waals surface area contributed by atoms with Crippen molar-refractivity contribution < 1.29 is 22.3 Å². The third-order valence-electron chi connectivity index (χ3n) is 7.82. The molecule has 5 rings (SSSR count). The molecule has 1 N–H and O–H groups in total. The summed E-state index contributed by atoms with van der Waals surface area (Å²) in [6, 6.07) is 21.1. The van der Waals surface area contributed by atoms with Crippen LogP contribution >= 0.6 is 0 Å². The average Bonchev–Trinajstić information content (AvgIpc) is 2.93. The number of likely N-dealkylation sites (tertiary alicyclic amines) is 1. The number of aryl methyl sites for hydroxylation is 2. The van der Waals surface area contributed by atoms with E-state index >= 15 is 0 Å². The largest absolute Gasteiger partial charge is 0.371 e. The molecule has 2 atom stereocenters. The van der Waals surface area contributed by atoms with Gasteiger partial charge in [0.15, 0.2) is 0 Å². The summed E-state index contributed by atoms with van der Waals surface area (Å²) >= 11 is 0. The molecular formula is C31H36FN3O4S. The molecule has 3 aromatic carbocycles. The van der Waals surface area contributed by atoms with Gasteiger partial charge < -0.3 is 10.1 Å². The highest BCUT2D eigenvalue weighted by molar-refractivity contribution is 7.89. The lowest BCUT2D eigenvalue weighted by Gasteiger charge is -2.50. The number of hydrogen-bond donors (Lipinski definition) is 1. The standard InChI is InChI=1S/C31H36FN3O4S/c1-23-9-13-28(14-10-23)40(37,38)35-22-31(39-20-27(35)17-25-7-4-3-5-8-25)15-6-16-34(21-31)19-30(36)33-26-12-11-24(2)29(32)18-26/h3-5,7-14,18,27H,6,15-17,19-22H2,1-2H3,(H,33,36)/t27-,31+/m0/s1. The molecule has 2 aliphatic rings. The zero-order chi connectivity index (χ0) is 28.3. The van der Waals surface area contributed by atoms with Crippen molar-refractivity contribution in [3.05, 3.63) is 95.3 Å². The van der Waals surface area contributed by atoms with Crippen LogP contribution in [0, 0.1) is 19.7 Å². The topological polar surface area (TPSA) is 79.0 Å². The van der Waals surface area contributed by atoms with Crippen LogP contribution in [-0.2, 0) is 26.0 Å². The predicted molar refractivity (Wildman–Crippen MR) is 153 cm³/mol. The second-order valence-corrected chi connectivity index (χ2v) is 12.9. The van der Waals surface area contributed by atoms with Gasteiger partial charge in [0.1, 0.15) is 5.82 Å². The maximum absolute atomic E-state index is 14.0. The number of nitrogens with one attached hydrogen (secondary N) is 1. The van der Waals surface area contributed by atoms with Crippen molar-refractivity contribution in [1.29, 1.82) is 0 Å². The number of hydrogen-bond acceptors (Lipinski definition) is 5. The van der Waals surface area contributed by atoms with Crippen molar-refractivity contribution in [2.45, 2.75) is 49.6 Å². The van der Waals surface area contributed by atoms with Gasteiger partial charge in [-0.15, -0.1) is 0 Å². The minimum atomic E-state index is -3.79. The molecule has 0 aliphatic carbocycles. The molecule has 2 fully saturated rings. The molecule has 9 heteroatoms. The van der Waals surface area contributed by atoms with E-state index in [-0.39, 0.29) is 42.4 Å². The summed E-state index contributed by atoms with van der Waals surface area (Å²) in [5.41, 5.74) is 2.24. The summed E-state index contributed by atoms with van der Waals surface area (Å²) < 4.78 is 50.1. The Morgan fingerprint density at radius 3 is 2.52 bits per heavy atom. The van der Waals surface area contributed by atoms with Gasteiger partial charge >= 0.3 is 0 Å². The summed E-state index contributed by atoms with van der Waals surface area (Å²) in [5.74, 6) is -0.618. The maximum atomic E-state index is 14.0. The molecule has 7 nitrogen and oxygen atoms in total. The van der Waals surface area contributed by atoms with Crippen molar-refractivity contribution in [2.24, 2.45) is 0 Å². The SMILES string of the molecule is Cc1ccc(S(=O)(=O)N2C[C@]3(CCCN(CC(=O)Nc4ccc(C)c(F)c4)C3)OC[C@@H]2Cc2ccccc2)cc1. The van der Waals surface area contributed by atoms with E-state index in [9.17, 15) is 17.6 Å². The lowest BCUT2D eigenvalue weighted by atomic mass is 9.90. The predicted octanol–water partition coefficient (Wildman–Crippen LogP) is 4.55. The Kier molecular flexibility index (Phi) is 8.37. The van der Waals surface area contributed by atoms with E-state index in [1.807, 2.05) is 54.3 Å². The quantitative estimate of drug-likeness (QED) is 0.455. The summed E-state index contributed by atoms with van der Waals surface area (Å²) in [4.78, 5) is 15.1. The van der Waals surface area contributed by atoms with E-state index < -0.39 is 15.6 Å². The van der Waals surface area contributed by atoms with Crippen molar-refractivity contribution in [1.82, 2.24) is 9.21 Å². The van der Waals surface area contributed by atoms with E-state index in [0.29, 0.717) is 37.2 Å². The number of halogens is 1. The van der Waals surface area contributed by atoms with Gasteiger partial charge in [-0.25, -0.2) is 12.8 Å². The van der Waals surface area contributed by atoms with Gasteiger partial charge in [0.2, 0.25) is 15.9 Å². The molecule has 212 valence electrons. The van der Waals surface area contributed by atoms with Gasteiger partial charge in [0.25, 0.3) is 0 Å². The molecule has 0 bridgehead atoms. The Hall–Kier alpha value is -3.11. The number of carbonyl (C=O) groups excluding carboxylic acids is 1. The minimum absolute atomic E-state index is 0.110. The van der Waals surface area contributed by atoms with Crippen LogP contribution in [-0.4, -0.2) is 68.0 Å². The number of anilines is 1. The summed E-state index contributed by atoms with van der Waals surface area (Å²) in [6.45, 7) is 5.31. The first kappa shape index (κ1) is 28.4. The Morgan fingerprint density at radius 2 is 1.80 bits per heavy atom. The normalized spacial score (nSPS) is 22.3. The van der Waals surface area contributed by atoms with Gasteiger partial charge in [0.05, 0.1) is 29.7 Å². The lowest BCUT2D eigenvalue weighted by Crippen LogP contribution is -2.64. The summed E-state index contributed by atoms with van der Waals surface area (Å²) in [5, 5.41) is 2.77. The van der Waals surface area contributed by atoms with Crippen molar-refractivity contribution in [3.63, 3.8) is 0 Å². The number of amides is 1. The Bertz CT molecular complexity index is 1450. The van der Waals surface area contributed by atoms with E-state index in [1.54, 1.807) is 35.5 Å². The zero-order valence-electron chi connectivity index (χ0n) is 23.0. The number of carbonyl (C=O) groups is 1. The molecule has 0 saturated carbocycles. The van der Waals surface area contributed by atoms with E-state index in [2.05, 4.69) is 5.32 Å². The van der Waals surface area contributed by atoms with Crippen molar-refractivity contribution >= 4 is 21.6 Å². The third-order valence-corrected chi connectivity index (χ3v) is 9.73. The molecule has 1 spiro atoms. The van der Waals surface area contributed by atoms with E-state index in [4.69, 9.17) is 4.74 Å². The van der Waals surface area contributed by atoms with Gasteiger partial charge in [-0.3, -0.25) is 9.69 Å². The summed E-state index contributed by atoms with van der Waals surface area (Å²) in [7, 11) is -3.79. The second-order valence-electron chi connectivity index (χ2n) is 11.0. The van der Waals surface area contributed by atoms with Crippen LogP contribution < -0.4 is 5.32 Å². The molecule has 0 unspecified atom stereocenters. The fourth-order valence-corrected chi connectivity index (χ4v) is 7.32. The number of nitrogens with zero attached hydrogens (tertiary/aromatic N) is 2. The molecule has 2 heterocycles. The highest BCUT2D eigenvalue weighted by Gasteiger charge is 2.47. The number of benzene rings is 3. The lowest BCUT2D eigenvalue weighted by molar-refractivity contribution is -0.144. The van der Waals surface area contributed by atoms with Gasteiger partial charge in [-0.2, -0.15) is 4.31 Å². The molecule has 0 aromatic heterocycles. The molecule has 0 radical (unpaired) electrons. The van der Waals surface area contributed by atoms with Crippen LogP contribution in [0.5, 0.6) is 0 Å². The molecule has 40 heavy (non-hydrogen) atoms. The summed E-state index contributed by atoms with van der Waals surface area (Å²) in [6.07, 6.45) is 2.02. The van der Waals surface area contributed by atoms with Crippen LogP contribution in [0.3, 0.4) is 0 Å². The molecule has 2 aliphatic heterocycles. The fourth-order valence-electron chi connectivity index (χ4n) is 5.64. The zero-order valence-corrected chi connectivity index (χ0v) is 23.8. The maximum Gasteiger partial charge on any atom is 0.243 e. The van der Waals surface area contributed by atoms with Crippen LogP contribution in [0.2, 0.25) is 0 Å². The van der Waals surface area contributed by atoms with Crippen molar-refractivity contribution in [2.75, 3.05) is 38.1 Å². The number of sulfonamides is 1. The van der Waals surface area contributed by atoms with Gasteiger partial charge in [-0.1, -0.05) is 54.1 Å². The van der Waals surface area contributed by atoms with Gasteiger partial charge in [-0.05, 0) is 75.0 Å². The molecule has 1 amide bonds. The van der Waals surface area contributed by atoms with Gasteiger partial charge in [0, 0.05) is 18.8 Å². The van der Waals surface area contributed by atoms with Crippen molar-refractivity contribution in [3.8, 4) is 0 Å². The fraction of sp³-hybridized carbons (Fsp3) is 0.387. The second kappa shape index (κ2) is 11.8. The average molecular weight is 566 g/mol. The first-order valence-electron chi connectivity index (χ1n) is 13.7. The molecule has 2 saturated heterocycles. The van der Waals surface area contributed by atoms with Crippen LogP contribution in [0.25, 0.3) is 0 Å². The van der Waals surface area contributed by atoms with E-state index in [1.165, 1.54) is 6.07 Å². The third kappa shape index (κ3) is 6.44. The highest BCUT2D eigenvalue weighted by atomic mass is 32.2. The Labute approximate surface area is 236 Å². The van der Waals surface area contributed by atoms with Crippen LogP contribution in [0.1, 0.15) is 29.5 Å². The Morgan fingerprint density at radius 1 is 1.05 bits per heavy atom. The van der Waals surface area contributed by atoms with Crippen LogP contribution in [0.15, 0.2) is 77.7 Å². The molecule has 3 aromatic rings. The minimum Gasteiger partial charge on any atom is -0.371 e.